The molecule has 17 heavy (non-hydrogen) atoms. The second-order valence-corrected chi connectivity index (χ2v) is 5.30. The van der Waals surface area contributed by atoms with Gasteiger partial charge >= 0.3 is 0 Å². The van der Waals surface area contributed by atoms with Crippen LogP contribution in [0, 0.1) is 5.92 Å². The number of amides is 1. The molecule has 2 saturated carbocycles. The lowest BCUT2D eigenvalue weighted by Gasteiger charge is -2.29. The van der Waals surface area contributed by atoms with Gasteiger partial charge in [-0.15, -0.1) is 5.10 Å². The summed E-state index contributed by atoms with van der Waals surface area (Å²) in [5, 5.41) is 6.90. The van der Waals surface area contributed by atoms with E-state index in [1.54, 1.807) is 4.90 Å². The van der Waals surface area contributed by atoms with Crippen LogP contribution in [0.25, 0.3) is 0 Å². The molecule has 1 N–H and O–H groups in total. The number of nitrogens with zero attached hydrogens (tertiary/aromatic N) is 3. The van der Waals surface area contributed by atoms with Crippen molar-refractivity contribution in [2.45, 2.75) is 38.0 Å². The van der Waals surface area contributed by atoms with Crippen LogP contribution in [0.3, 0.4) is 0 Å². The lowest BCUT2D eigenvalue weighted by Crippen LogP contribution is -2.34. The zero-order chi connectivity index (χ0) is 11.8. The molecule has 5 heteroatoms. The van der Waals surface area contributed by atoms with Gasteiger partial charge in [0.1, 0.15) is 5.82 Å². The summed E-state index contributed by atoms with van der Waals surface area (Å²) < 4.78 is 0. The van der Waals surface area contributed by atoms with Gasteiger partial charge in [-0.25, -0.2) is 4.98 Å². The molecule has 0 atom stereocenters. The fraction of sp³-hybridized carbons (Fsp3) is 0.750. The van der Waals surface area contributed by atoms with Gasteiger partial charge < -0.3 is 4.90 Å². The summed E-state index contributed by atoms with van der Waals surface area (Å²) in [4.78, 5) is 18.1. The van der Waals surface area contributed by atoms with Gasteiger partial charge in [0.05, 0.1) is 0 Å². The molecule has 1 aromatic heterocycles. The first-order valence-electron chi connectivity index (χ1n) is 6.42. The molecule has 0 bridgehead atoms. The monoisotopic (exact) mass is 234 g/mol. The molecule has 0 spiro atoms. The first-order valence-corrected chi connectivity index (χ1v) is 6.42. The Morgan fingerprint density at radius 3 is 2.76 bits per heavy atom. The number of aromatic amines is 1. The van der Waals surface area contributed by atoms with E-state index in [0.717, 1.165) is 12.4 Å². The van der Waals surface area contributed by atoms with Crippen LogP contribution >= 0.6 is 0 Å². The van der Waals surface area contributed by atoms with Gasteiger partial charge in [0.2, 0.25) is 5.82 Å². The number of carbonyl (C=O) groups is 1. The first kappa shape index (κ1) is 10.7. The van der Waals surface area contributed by atoms with Crippen LogP contribution in [-0.2, 0) is 0 Å². The molecule has 0 aliphatic heterocycles. The van der Waals surface area contributed by atoms with Gasteiger partial charge in [-0.2, -0.15) is 0 Å². The second kappa shape index (κ2) is 4.13. The van der Waals surface area contributed by atoms with Crippen molar-refractivity contribution in [2.24, 2.45) is 5.92 Å². The van der Waals surface area contributed by atoms with E-state index in [0.29, 0.717) is 17.7 Å². The summed E-state index contributed by atoms with van der Waals surface area (Å²) in [6.07, 6.45) is 6.14. The maximum absolute atomic E-state index is 12.1. The standard InChI is InChI=1S/C12H18N4O/c1-16(7-8-3-2-4-8)12(17)11-13-10(14-15-11)9-5-6-9/h8-9H,2-7H2,1H3,(H,13,14,15). The lowest BCUT2D eigenvalue weighted by atomic mass is 9.85. The molecule has 2 fully saturated rings. The zero-order valence-electron chi connectivity index (χ0n) is 10.1. The van der Waals surface area contributed by atoms with E-state index in [1.807, 2.05) is 7.05 Å². The summed E-state index contributed by atoms with van der Waals surface area (Å²) in [5.41, 5.74) is 0. The molecule has 1 aromatic rings. The normalized spacial score (nSPS) is 20.1. The van der Waals surface area contributed by atoms with Gasteiger partial charge in [-0.1, -0.05) is 6.42 Å². The summed E-state index contributed by atoms with van der Waals surface area (Å²) in [5.74, 6) is 2.35. The number of aromatic nitrogens is 3. The maximum atomic E-state index is 12.1. The Morgan fingerprint density at radius 1 is 1.41 bits per heavy atom. The molecule has 1 amide bonds. The van der Waals surface area contributed by atoms with E-state index in [2.05, 4.69) is 15.2 Å². The third-order valence-electron chi connectivity index (χ3n) is 3.76. The van der Waals surface area contributed by atoms with Crippen LogP contribution in [0.2, 0.25) is 0 Å². The largest absolute Gasteiger partial charge is 0.339 e. The van der Waals surface area contributed by atoms with E-state index in [4.69, 9.17) is 0 Å². The van der Waals surface area contributed by atoms with Gasteiger partial charge in [0, 0.05) is 19.5 Å². The molecule has 92 valence electrons. The van der Waals surface area contributed by atoms with Gasteiger partial charge in [-0.3, -0.25) is 9.89 Å². The SMILES string of the molecule is CN(CC1CCC1)C(=O)c1n[nH]c(C2CC2)n1. The van der Waals surface area contributed by atoms with Crippen molar-refractivity contribution < 1.29 is 4.79 Å². The van der Waals surface area contributed by atoms with E-state index in [-0.39, 0.29) is 5.91 Å². The van der Waals surface area contributed by atoms with Gasteiger partial charge in [0.25, 0.3) is 5.91 Å². The average molecular weight is 234 g/mol. The molecule has 2 aliphatic rings. The van der Waals surface area contributed by atoms with Gasteiger partial charge in [-0.05, 0) is 31.6 Å². The molecule has 2 aliphatic carbocycles. The summed E-state index contributed by atoms with van der Waals surface area (Å²) in [6.45, 7) is 0.839. The van der Waals surface area contributed by atoms with Crippen LogP contribution in [0.4, 0.5) is 0 Å². The number of H-pyrrole nitrogens is 1. The highest BCUT2D eigenvalue weighted by atomic mass is 16.2. The molecule has 0 unspecified atom stereocenters. The van der Waals surface area contributed by atoms with E-state index < -0.39 is 0 Å². The smallest absolute Gasteiger partial charge is 0.293 e. The molecule has 5 nitrogen and oxygen atoms in total. The Labute approximate surface area is 101 Å². The third kappa shape index (κ3) is 2.18. The van der Waals surface area contributed by atoms with Gasteiger partial charge in [0.15, 0.2) is 0 Å². The van der Waals surface area contributed by atoms with Crippen molar-refractivity contribution in [3.63, 3.8) is 0 Å². The Balaban J connectivity index is 1.62. The number of hydrogen-bond acceptors (Lipinski definition) is 3. The van der Waals surface area contributed by atoms with Crippen molar-refractivity contribution in [1.29, 1.82) is 0 Å². The predicted molar refractivity (Wildman–Crippen MR) is 62.7 cm³/mol. The van der Waals surface area contributed by atoms with Crippen LogP contribution in [0.5, 0.6) is 0 Å². The molecular weight excluding hydrogens is 216 g/mol. The quantitative estimate of drug-likeness (QED) is 0.859. The van der Waals surface area contributed by atoms with E-state index in [1.165, 1.54) is 32.1 Å². The highest BCUT2D eigenvalue weighted by molar-refractivity contribution is 5.90. The Hall–Kier alpha value is -1.39. The lowest BCUT2D eigenvalue weighted by molar-refractivity contribution is 0.0733. The van der Waals surface area contributed by atoms with Crippen LogP contribution in [-0.4, -0.2) is 39.6 Å². The van der Waals surface area contributed by atoms with Crippen molar-refractivity contribution in [2.75, 3.05) is 13.6 Å². The fourth-order valence-corrected chi connectivity index (χ4v) is 2.23. The van der Waals surface area contributed by atoms with E-state index >= 15 is 0 Å². The molecule has 0 aromatic carbocycles. The number of hydrogen-bond donors (Lipinski definition) is 1. The zero-order valence-corrected chi connectivity index (χ0v) is 10.1. The van der Waals surface area contributed by atoms with Crippen LogP contribution in [0.15, 0.2) is 0 Å². The molecule has 3 rings (SSSR count). The third-order valence-corrected chi connectivity index (χ3v) is 3.76. The first-order chi connectivity index (χ1) is 8.24. The minimum absolute atomic E-state index is 0.0555. The maximum Gasteiger partial charge on any atom is 0.293 e. The van der Waals surface area contributed by atoms with Crippen LogP contribution < -0.4 is 0 Å². The Kier molecular flexibility index (Phi) is 2.61. The number of rotatable bonds is 4. The minimum Gasteiger partial charge on any atom is -0.339 e. The molecule has 0 saturated heterocycles. The molecular formula is C12H18N4O. The fourth-order valence-electron chi connectivity index (χ4n) is 2.23. The second-order valence-electron chi connectivity index (χ2n) is 5.30. The van der Waals surface area contributed by atoms with E-state index in [9.17, 15) is 4.79 Å². The number of carbonyl (C=O) groups excluding carboxylic acids is 1. The average Bonchev–Trinajstić information content (AvgIpc) is 3.01. The summed E-state index contributed by atoms with van der Waals surface area (Å²) in [6, 6.07) is 0. The highest BCUT2D eigenvalue weighted by Gasteiger charge is 2.29. The van der Waals surface area contributed by atoms with Crippen molar-refractivity contribution in [1.82, 2.24) is 20.1 Å². The van der Waals surface area contributed by atoms with Crippen molar-refractivity contribution in [3.8, 4) is 0 Å². The van der Waals surface area contributed by atoms with Crippen LogP contribution in [0.1, 0.15) is 54.5 Å². The summed E-state index contributed by atoms with van der Waals surface area (Å²) >= 11 is 0. The minimum atomic E-state index is -0.0555. The predicted octanol–water partition coefficient (Wildman–Crippen LogP) is 1.55. The topological polar surface area (TPSA) is 61.9 Å². The van der Waals surface area contributed by atoms with Crippen molar-refractivity contribution >= 4 is 5.91 Å². The number of nitrogens with one attached hydrogen (secondary N) is 1. The van der Waals surface area contributed by atoms with Crippen molar-refractivity contribution in [3.05, 3.63) is 11.6 Å². The molecule has 0 radical (unpaired) electrons. The highest BCUT2D eigenvalue weighted by Crippen LogP contribution is 2.37. The molecule has 1 heterocycles. The Morgan fingerprint density at radius 2 is 2.18 bits per heavy atom. The Bertz CT molecular complexity index is 420. The summed E-state index contributed by atoms with van der Waals surface area (Å²) in [7, 11) is 1.84.